The van der Waals surface area contributed by atoms with Crippen LogP contribution in [0.5, 0.6) is 0 Å². The van der Waals surface area contributed by atoms with E-state index in [1.807, 2.05) is 6.07 Å². The van der Waals surface area contributed by atoms with Crippen LogP contribution in [-0.4, -0.2) is 43.6 Å². The number of carbonyl (C=O) groups excluding carboxylic acids is 2. The van der Waals surface area contributed by atoms with Crippen LogP contribution in [0.3, 0.4) is 0 Å². The van der Waals surface area contributed by atoms with Crippen LogP contribution in [0.4, 0.5) is 5.82 Å². The van der Waals surface area contributed by atoms with Gasteiger partial charge in [0, 0.05) is 31.9 Å². The normalized spacial score (nSPS) is 15.3. The molecule has 0 bridgehead atoms. The second-order valence-corrected chi connectivity index (χ2v) is 5.44. The number of nitrogens with zero attached hydrogens (tertiary/aromatic N) is 2. The minimum absolute atomic E-state index is 0.213. The number of esters is 1. The quantitative estimate of drug-likeness (QED) is 0.663. The van der Waals surface area contributed by atoms with Crippen LogP contribution in [-0.2, 0) is 9.53 Å². The Bertz CT molecular complexity index is 547. The van der Waals surface area contributed by atoms with Crippen molar-refractivity contribution in [2.45, 2.75) is 25.7 Å². The second-order valence-electron chi connectivity index (χ2n) is 5.44. The van der Waals surface area contributed by atoms with E-state index in [4.69, 9.17) is 0 Å². The van der Waals surface area contributed by atoms with Crippen LogP contribution in [0.1, 0.15) is 36.0 Å². The van der Waals surface area contributed by atoms with E-state index in [1.165, 1.54) is 38.9 Å². The molecule has 124 valence electrons. The molecule has 23 heavy (non-hydrogen) atoms. The zero-order chi connectivity index (χ0) is 16.5. The highest BCUT2D eigenvalue weighted by Gasteiger charge is 2.12. The number of rotatable bonds is 5. The van der Waals surface area contributed by atoms with Crippen molar-refractivity contribution in [3.05, 3.63) is 36.0 Å². The Balaban J connectivity index is 1.87. The second kappa shape index (κ2) is 8.92. The van der Waals surface area contributed by atoms with Gasteiger partial charge in [0.2, 0.25) is 0 Å². The maximum atomic E-state index is 12.0. The molecule has 6 heteroatoms. The summed E-state index contributed by atoms with van der Waals surface area (Å²) in [5, 5.41) is 2.70. The van der Waals surface area contributed by atoms with Gasteiger partial charge >= 0.3 is 5.97 Å². The molecule has 1 fully saturated rings. The zero-order valence-corrected chi connectivity index (χ0v) is 13.5. The van der Waals surface area contributed by atoms with Gasteiger partial charge in [-0.25, -0.2) is 9.78 Å². The molecule has 0 aliphatic carbocycles. The first-order chi connectivity index (χ1) is 11.2. The number of pyridine rings is 1. The molecule has 2 rings (SSSR count). The van der Waals surface area contributed by atoms with Crippen molar-refractivity contribution in [1.82, 2.24) is 10.3 Å². The molecule has 0 saturated carbocycles. The van der Waals surface area contributed by atoms with E-state index in [9.17, 15) is 9.59 Å². The van der Waals surface area contributed by atoms with Crippen LogP contribution >= 0.6 is 0 Å². The van der Waals surface area contributed by atoms with Crippen LogP contribution in [0.15, 0.2) is 30.5 Å². The van der Waals surface area contributed by atoms with Crippen LogP contribution in [0.25, 0.3) is 0 Å². The van der Waals surface area contributed by atoms with E-state index in [0.29, 0.717) is 5.56 Å². The third kappa shape index (κ3) is 5.39. The van der Waals surface area contributed by atoms with E-state index >= 15 is 0 Å². The first-order valence-corrected chi connectivity index (χ1v) is 7.94. The van der Waals surface area contributed by atoms with Gasteiger partial charge in [0.1, 0.15) is 5.82 Å². The maximum Gasteiger partial charge on any atom is 0.330 e. The molecule has 1 amide bonds. The Kier molecular flexibility index (Phi) is 6.59. The fraction of sp³-hybridized carbons (Fsp3) is 0.471. The van der Waals surface area contributed by atoms with Crippen molar-refractivity contribution in [2.24, 2.45) is 0 Å². The SMILES string of the molecule is COC(=O)/C=C/CNC(=O)c1ccc(N2CCCCCC2)nc1. The molecule has 1 saturated heterocycles. The summed E-state index contributed by atoms with van der Waals surface area (Å²) < 4.78 is 4.47. The monoisotopic (exact) mass is 317 g/mol. The van der Waals surface area contributed by atoms with E-state index in [-0.39, 0.29) is 12.5 Å². The number of anilines is 1. The molecule has 1 N–H and O–H groups in total. The van der Waals surface area contributed by atoms with Gasteiger partial charge in [0.15, 0.2) is 0 Å². The fourth-order valence-corrected chi connectivity index (χ4v) is 2.48. The van der Waals surface area contributed by atoms with Gasteiger partial charge in [0.25, 0.3) is 5.91 Å². The summed E-state index contributed by atoms with van der Waals surface area (Å²) in [4.78, 5) is 29.6. The van der Waals surface area contributed by atoms with Gasteiger partial charge in [-0.3, -0.25) is 4.79 Å². The third-order valence-electron chi connectivity index (χ3n) is 3.78. The predicted octanol–water partition coefficient (Wildman–Crippen LogP) is 1.92. The molecule has 0 radical (unpaired) electrons. The van der Waals surface area contributed by atoms with Gasteiger partial charge in [-0.15, -0.1) is 0 Å². The third-order valence-corrected chi connectivity index (χ3v) is 3.78. The average Bonchev–Trinajstić information content (AvgIpc) is 2.87. The number of hydrogen-bond acceptors (Lipinski definition) is 5. The van der Waals surface area contributed by atoms with Gasteiger partial charge < -0.3 is 15.0 Å². The Morgan fingerprint density at radius 1 is 1.26 bits per heavy atom. The predicted molar refractivity (Wildman–Crippen MR) is 88.4 cm³/mol. The molecule has 0 atom stereocenters. The van der Waals surface area contributed by atoms with Crippen LogP contribution in [0.2, 0.25) is 0 Å². The Hall–Kier alpha value is -2.37. The first-order valence-electron chi connectivity index (χ1n) is 7.94. The van der Waals surface area contributed by atoms with Gasteiger partial charge in [0.05, 0.1) is 12.7 Å². The summed E-state index contributed by atoms with van der Waals surface area (Å²) in [7, 11) is 1.31. The molecule has 0 aromatic carbocycles. The maximum absolute atomic E-state index is 12.0. The highest BCUT2D eigenvalue weighted by atomic mass is 16.5. The average molecular weight is 317 g/mol. The molecule has 1 aromatic rings. The van der Waals surface area contributed by atoms with E-state index in [0.717, 1.165) is 18.9 Å². The minimum Gasteiger partial charge on any atom is -0.466 e. The highest BCUT2D eigenvalue weighted by Crippen LogP contribution is 2.17. The summed E-state index contributed by atoms with van der Waals surface area (Å²) in [5.41, 5.74) is 0.509. The Morgan fingerprint density at radius 3 is 2.61 bits per heavy atom. The molecule has 1 aromatic heterocycles. The van der Waals surface area contributed by atoms with Crippen molar-refractivity contribution in [1.29, 1.82) is 0 Å². The first kappa shape index (κ1) is 17.0. The largest absolute Gasteiger partial charge is 0.466 e. The lowest BCUT2D eigenvalue weighted by molar-refractivity contribution is -0.134. The highest BCUT2D eigenvalue weighted by molar-refractivity contribution is 5.94. The van der Waals surface area contributed by atoms with E-state index in [1.54, 1.807) is 18.3 Å². The van der Waals surface area contributed by atoms with E-state index < -0.39 is 5.97 Å². The smallest absolute Gasteiger partial charge is 0.330 e. The zero-order valence-electron chi connectivity index (χ0n) is 13.5. The summed E-state index contributed by atoms with van der Waals surface area (Å²) in [6.07, 6.45) is 9.35. The standard InChI is InChI=1S/C17H23N3O3/c1-23-16(21)7-6-10-18-17(22)14-8-9-15(19-13-14)20-11-4-2-3-5-12-20/h6-9,13H,2-5,10-12H2,1H3,(H,18,22)/b7-6+. The number of methoxy groups -OCH3 is 1. The van der Waals surface area contributed by atoms with Crippen molar-refractivity contribution in [3.8, 4) is 0 Å². The van der Waals surface area contributed by atoms with Crippen molar-refractivity contribution >= 4 is 17.7 Å². The van der Waals surface area contributed by atoms with Crippen molar-refractivity contribution in [3.63, 3.8) is 0 Å². The Morgan fingerprint density at radius 2 is 2.00 bits per heavy atom. The minimum atomic E-state index is -0.442. The molecule has 1 aliphatic rings. The number of carbonyl (C=O) groups is 2. The Labute approximate surface area is 136 Å². The van der Waals surface area contributed by atoms with Gasteiger partial charge in [-0.2, -0.15) is 0 Å². The number of nitrogens with one attached hydrogen (secondary N) is 1. The number of ether oxygens (including phenoxy) is 1. The topological polar surface area (TPSA) is 71.5 Å². The van der Waals surface area contributed by atoms with Crippen LogP contribution in [0, 0.1) is 0 Å². The van der Waals surface area contributed by atoms with E-state index in [2.05, 4.69) is 19.9 Å². The number of aromatic nitrogens is 1. The fourth-order valence-electron chi connectivity index (χ4n) is 2.48. The molecule has 1 aliphatic heterocycles. The summed E-state index contributed by atoms with van der Waals surface area (Å²) in [5.74, 6) is 0.270. The van der Waals surface area contributed by atoms with Crippen LogP contribution < -0.4 is 10.2 Å². The van der Waals surface area contributed by atoms with Crippen molar-refractivity contribution < 1.29 is 14.3 Å². The van der Waals surface area contributed by atoms with Gasteiger partial charge in [-0.05, 0) is 25.0 Å². The lowest BCUT2D eigenvalue weighted by Gasteiger charge is -2.21. The molecule has 0 unspecified atom stereocenters. The van der Waals surface area contributed by atoms with Crippen molar-refractivity contribution in [2.75, 3.05) is 31.6 Å². The molecule has 2 heterocycles. The summed E-state index contributed by atoms with van der Waals surface area (Å²) in [6.45, 7) is 2.32. The lowest BCUT2D eigenvalue weighted by Crippen LogP contribution is -2.26. The molecule has 0 spiro atoms. The number of amides is 1. The van der Waals surface area contributed by atoms with Gasteiger partial charge in [-0.1, -0.05) is 18.9 Å². The lowest BCUT2D eigenvalue weighted by atomic mass is 10.2. The summed E-state index contributed by atoms with van der Waals surface area (Å²) >= 11 is 0. The molecular formula is C17H23N3O3. The summed E-state index contributed by atoms with van der Waals surface area (Å²) in [6, 6.07) is 3.68. The molecule has 6 nitrogen and oxygen atoms in total. The molecular weight excluding hydrogens is 294 g/mol. The number of hydrogen-bond donors (Lipinski definition) is 1.